The molecule has 6 heteroatoms. The summed E-state index contributed by atoms with van der Waals surface area (Å²) in [6.45, 7) is 2.15. The average Bonchev–Trinajstić information content (AvgIpc) is 3.29. The summed E-state index contributed by atoms with van der Waals surface area (Å²) in [5, 5.41) is 3.37. The Kier molecular flexibility index (Phi) is 4.53. The number of nitrogens with zero attached hydrogens (tertiary/aromatic N) is 2. The number of aromatic amines is 1. The molecule has 1 fully saturated rings. The van der Waals surface area contributed by atoms with E-state index in [4.69, 9.17) is 4.74 Å². The second-order valence-corrected chi connectivity index (χ2v) is 7.32. The highest BCUT2D eigenvalue weighted by Gasteiger charge is 2.19. The third-order valence-corrected chi connectivity index (χ3v) is 5.68. The first-order chi connectivity index (χ1) is 12.3. The van der Waals surface area contributed by atoms with E-state index in [2.05, 4.69) is 21.0 Å². The van der Waals surface area contributed by atoms with Crippen LogP contribution in [-0.4, -0.2) is 27.5 Å². The molecular weight excluding hydrogens is 334 g/mol. The minimum Gasteiger partial charge on any atom is -0.461 e. The van der Waals surface area contributed by atoms with Crippen molar-refractivity contribution in [3.63, 3.8) is 0 Å². The monoisotopic (exact) mass is 355 g/mol. The van der Waals surface area contributed by atoms with Crippen LogP contribution in [0.3, 0.4) is 0 Å². The zero-order valence-electron chi connectivity index (χ0n) is 14.2. The molecule has 25 heavy (non-hydrogen) atoms. The Morgan fingerprint density at radius 3 is 3.00 bits per heavy atom. The lowest BCUT2D eigenvalue weighted by atomic mass is 9.84. The van der Waals surface area contributed by atoms with Gasteiger partial charge in [-0.05, 0) is 37.3 Å². The summed E-state index contributed by atoms with van der Waals surface area (Å²) < 4.78 is 5.03. The van der Waals surface area contributed by atoms with Crippen molar-refractivity contribution in [1.29, 1.82) is 0 Å². The number of H-pyrrole nitrogens is 1. The Labute approximate surface area is 150 Å². The number of ether oxygens (including phenoxy) is 1. The maximum atomic E-state index is 11.9. The van der Waals surface area contributed by atoms with Crippen LogP contribution in [0.5, 0.6) is 0 Å². The summed E-state index contributed by atoms with van der Waals surface area (Å²) in [6, 6.07) is 2.24. The van der Waals surface area contributed by atoms with Crippen LogP contribution in [0.4, 0.5) is 0 Å². The fourth-order valence-corrected chi connectivity index (χ4v) is 4.28. The molecule has 1 saturated carbocycles. The summed E-state index contributed by atoms with van der Waals surface area (Å²) in [6.07, 6.45) is 10.4. The molecule has 0 amide bonds. The van der Waals surface area contributed by atoms with Crippen molar-refractivity contribution in [2.24, 2.45) is 0 Å². The first kappa shape index (κ1) is 16.3. The Morgan fingerprint density at radius 2 is 2.20 bits per heavy atom. The number of thiazole rings is 1. The minimum absolute atomic E-state index is 0.357. The fourth-order valence-electron chi connectivity index (χ4n) is 3.57. The molecule has 0 radical (unpaired) electrons. The number of aromatic nitrogens is 3. The lowest BCUT2D eigenvalue weighted by Crippen LogP contribution is -2.04. The maximum absolute atomic E-state index is 11.9. The predicted molar refractivity (Wildman–Crippen MR) is 99.0 cm³/mol. The number of nitrogens with one attached hydrogen (secondary N) is 1. The molecule has 0 aliphatic heterocycles. The van der Waals surface area contributed by atoms with Gasteiger partial charge in [0, 0.05) is 28.7 Å². The molecule has 0 spiro atoms. The van der Waals surface area contributed by atoms with Gasteiger partial charge in [-0.15, -0.1) is 11.3 Å². The maximum Gasteiger partial charge on any atom is 0.367 e. The van der Waals surface area contributed by atoms with E-state index in [-0.39, 0.29) is 5.97 Å². The average molecular weight is 355 g/mol. The smallest absolute Gasteiger partial charge is 0.367 e. The number of carbonyl (C=O) groups excluding carboxylic acids is 1. The second kappa shape index (κ2) is 6.96. The highest BCUT2D eigenvalue weighted by Crippen LogP contribution is 2.35. The van der Waals surface area contributed by atoms with Crippen molar-refractivity contribution in [2.45, 2.75) is 44.9 Å². The minimum atomic E-state index is -0.361. The molecule has 0 aromatic carbocycles. The molecule has 130 valence electrons. The van der Waals surface area contributed by atoms with E-state index in [0.717, 1.165) is 22.3 Å². The summed E-state index contributed by atoms with van der Waals surface area (Å²) in [5.41, 5.74) is 3.96. The molecule has 0 saturated heterocycles. The third-order valence-electron chi connectivity index (χ3n) is 4.86. The van der Waals surface area contributed by atoms with Gasteiger partial charge in [0.05, 0.1) is 12.3 Å². The van der Waals surface area contributed by atoms with Crippen LogP contribution in [0.1, 0.15) is 60.3 Å². The van der Waals surface area contributed by atoms with E-state index < -0.39 is 0 Å². The van der Waals surface area contributed by atoms with Gasteiger partial charge in [0.15, 0.2) is 0 Å². The first-order valence-electron chi connectivity index (χ1n) is 8.86. The zero-order chi connectivity index (χ0) is 17.2. The van der Waals surface area contributed by atoms with Crippen LogP contribution in [0, 0.1) is 0 Å². The van der Waals surface area contributed by atoms with Crippen LogP contribution in [0.25, 0.3) is 22.3 Å². The predicted octanol–water partition coefficient (Wildman–Crippen LogP) is 4.91. The molecule has 0 atom stereocenters. The second-order valence-electron chi connectivity index (χ2n) is 6.46. The van der Waals surface area contributed by atoms with Crippen LogP contribution < -0.4 is 0 Å². The highest BCUT2D eigenvalue weighted by atomic mass is 32.1. The van der Waals surface area contributed by atoms with Crippen molar-refractivity contribution in [2.75, 3.05) is 6.61 Å². The van der Waals surface area contributed by atoms with Crippen LogP contribution in [0.2, 0.25) is 0 Å². The Balaban J connectivity index is 1.69. The molecule has 1 N–H and O–H groups in total. The van der Waals surface area contributed by atoms with Gasteiger partial charge >= 0.3 is 5.97 Å². The first-order valence-corrected chi connectivity index (χ1v) is 9.74. The number of hydrogen-bond donors (Lipinski definition) is 1. The Bertz CT molecular complexity index is 893. The molecular formula is C19H21N3O2S. The van der Waals surface area contributed by atoms with Crippen LogP contribution >= 0.6 is 11.3 Å². The number of carbonyl (C=O) groups is 1. The summed E-state index contributed by atoms with van der Waals surface area (Å²) >= 11 is 1.32. The summed E-state index contributed by atoms with van der Waals surface area (Å²) in [7, 11) is 0. The lowest BCUT2D eigenvalue weighted by molar-refractivity contribution is 0.0526. The quantitative estimate of drug-likeness (QED) is 0.675. The number of esters is 1. The van der Waals surface area contributed by atoms with Gasteiger partial charge in [-0.25, -0.2) is 14.8 Å². The number of hydrogen-bond acceptors (Lipinski definition) is 5. The SMILES string of the molecule is CCOC(=O)c1nc(-c2c[nH]c3ncc(C4CCCCC4)cc23)cs1. The molecule has 0 bridgehead atoms. The molecule has 5 nitrogen and oxygen atoms in total. The molecule has 1 aliphatic carbocycles. The van der Waals surface area contributed by atoms with Crippen molar-refractivity contribution in [3.05, 3.63) is 34.4 Å². The fraction of sp³-hybridized carbons (Fsp3) is 0.421. The molecule has 3 aromatic rings. The van der Waals surface area contributed by atoms with Gasteiger partial charge in [0.1, 0.15) is 5.65 Å². The topological polar surface area (TPSA) is 67.9 Å². The molecule has 1 aliphatic rings. The zero-order valence-corrected chi connectivity index (χ0v) is 15.1. The number of rotatable bonds is 4. The molecule has 4 rings (SSSR count). The van der Waals surface area contributed by atoms with Crippen LogP contribution in [0.15, 0.2) is 23.8 Å². The van der Waals surface area contributed by atoms with E-state index >= 15 is 0 Å². The van der Waals surface area contributed by atoms with Crippen molar-refractivity contribution in [3.8, 4) is 11.3 Å². The lowest BCUT2D eigenvalue weighted by Gasteiger charge is -2.21. The Hall–Kier alpha value is -2.21. The number of fused-ring (bicyclic) bond motifs is 1. The van der Waals surface area contributed by atoms with Gasteiger partial charge in [0.2, 0.25) is 5.01 Å². The van der Waals surface area contributed by atoms with E-state index in [0.29, 0.717) is 17.5 Å². The van der Waals surface area contributed by atoms with Gasteiger partial charge in [-0.3, -0.25) is 0 Å². The van der Waals surface area contributed by atoms with E-state index in [1.165, 1.54) is 49.0 Å². The van der Waals surface area contributed by atoms with E-state index in [1.54, 1.807) is 6.92 Å². The standard InChI is InChI=1S/C19H21N3O2S/c1-2-24-19(23)18-22-16(11-25-18)15-10-21-17-14(15)8-13(9-20-17)12-6-4-3-5-7-12/h8-12H,2-7H2,1H3,(H,20,21). The molecule has 3 aromatic heterocycles. The van der Waals surface area contributed by atoms with Gasteiger partial charge < -0.3 is 9.72 Å². The normalized spacial score (nSPS) is 15.6. The van der Waals surface area contributed by atoms with Crippen LogP contribution in [-0.2, 0) is 4.74 Å². The van der Waals surface area contributed by atoms with E-state index in [1.807, 2.05) is 17.8 Å². The number of pyridine rings is 1. The highest BCUT2D eigenvalue weighted by molar-refractivity contribution is 7.11. The Morgan fingerprint density at radius 1 is 1.36 bits per heavy atom. The molecule has 0 unspecified atom stereocenters. The van der Waals surface area contributed by atoms with Gasteiger partial charge in [-0.2, -0.15) is 0 Å². The molecule has 3 heterocycles. The van der Waals surface area contributed by atoms with Crippen molar-refractivity contribution in [1.82, 2.24) is 15.0 Å². The summed E-state index contributed by atoms with van der Waals surface area (Å²) in [4.78, 5) is 24.1. The third kappa shape index (κ3) is 3.18. The van der Waals surface area contributed by atoms with Crippen molar-refractivity contribution >= 4 is 28.3 Å². The van der Waals surface area contributed by atoms with E-state index in [9.17, 15) is 4.79 Å². The largest absolute Gasteiger partial charge is 0.461 e. The van der Waals surface area contributed by atoms with Gasteiger partial charge in [-0.1, -0.05) is 19.3 Å². The van der Waals surface area contributed by atoms with Crippen molar-refractivity contribution < 1.29 is 9.53 Å². The summed E-state index contributed by atoms with van der Waals surface area (Å²) in [5.74, 6) is 0.249. The van der Waals surface area contributed by atoms with Gasteiger partial charge in [0.25, 0.3) is 0 Å².